The molecule has 0 saturated carbocycles. The van der Waals surface area contributed by atoms with Crippen LogP contribution >= 0.6 is 0 Å². The number of fused-ring (bicyclic) bond motifs is 2. The van der Waals surface area contributed by atoms with Crippen molar-refractivity contribution >= 4 is 20.9 Å². The Morgan fingerprint density at radius 3 is 2.84 bits per heavy atom. The molecule has 1 fully saturated rings. The fourth-order valence-corrected chi connectivity index (χ4v) is 6.77. The Bertz CT molecular complexity index is 1220. The van der Waals surface area contributed by atoms with Crippen molar-refractivity contribution < 1.29 is 13.2 Å². The summed E-state index contributed by atoms with van der Waals surface area (Å²) in [7, 11) is -1.88. The zero-order valence-corrected chi connectivity index (χ0v) is 19.2. The molecule has 6 nitrogen and oxygen atoms in total. The van der Waals surface area contributed by atoms with E-state index >= 15 is 0 Å². The molecule has 0 spiro atoms. The lowest BCUT2D eigenvalue weighted by atomic mass is 9.95. The van der Waals surface area contributed by atoms with E-state index in [1.807, 2.05) is 24.3 Å². The average Bonchev–Trinajstić information content (AvgIpc) is 2.83. The van der Waals surface area contributed by atoms with Gasteiger partial charge in [0, 0.05) is 44.3 Å². The first kappa shape index (κ1) is 21.4. The van der Waals surface area contributed by atoms with Crippen molar-refractivity contribution in [1.29, 1.82) is 0 Å². The largest absolute Gasteiger partial charge is 0.497 e. The lowest BCUT2D eigenvalue weighted by molar-refractivity contribution is 0.167. The fraction of sp³-hybridized carbons (Fsp3) is 0.400. The third kappa shape index (κ3) is 4.12. The zero-order chi connectivity index (χ0) is 22.1. The van der Waals surface area contributed by atoms with Crippen LogP contribution in [0.4, 0.5) is 0 Å². The van der Waals surface area contributed by atoms with E-state index in [0.29, 0.717) is 29.4 Å². The first-order valence-corrected chi connectivity index (χ1v) is 12.7. The number of rotatable bonds is 5. The molecule has 2 aliphatic heterocycles. The van der Waals surface area contributed by atoms with Gasteiger partial charge >= 0.3 is 0 Å². The number of hydrogen-bond donors (Lipinski definition) is 0. The highest BCUT2D eigenvalue weighted by atomic mass is 32.2. The second-order valence-electron chi connectivity index (χ2n) is 8.82. The second-order valence-corrected chi connectivity index (χ2v) is 10.7. The summed E-state index contributed by atoms with van der Waals surface area (Å²) in [6, 6.07) is 15.5. The predicted octanol–water partition coefficient (Wildman–Crippen LogP) is 3.70. The van der Waals surface area contributed by atoms with Gasteiger partial charge in [-0.1, -0.05) is 24.3 Å². The van der Waals surface area contributed by atoms with Crippen LogP contribution in [0.5, 0.6) is 5.75 Å². The van der Waals surface area contributed by atoms with Crippen LogP contribution in [0.25, 0.3) is 10.9 Å². The van der Waals surface area contributed by atoms with Gasteiger partial charge in [-0.05, 0) is 60.6 Å². The van der Waals surface area contributed by atoms with E-state index in [4.69, 9.17) is 4.74 Å². The van der Waals surface area contributed by atoms with Crippen LogP contribution in [0.2, 0.25) is 0 Å². The molecule has 2 aliphatic rings. The first-order valence-electron chi connectivity index (χ1n) is 11.3. The van der Waals surface area contributed by atoms with Gasteiger partial charge in [0.15, 0.2) is 0 Å². The molecule has 0 amide bonds. The summed E-state index contributed by atoms with van der Waals surface area (Å²) < 4.78 is 34.1. The van der Waals surface area contributed by atoms with Gasteiger partial charge in [0.05, 0.1) is 12.6 Å². The molecule has 168 valence electrons. The molecule has 3 aromatic rings. The maximum Gasteiger partial charge on any atom is 0.245 e. The number of methoxy groups -OCH3 is 1. The lowest BCUT2D eigenvalue weighted by Crippen LogP contribution is -2.44. The van der Waals surface area contributed by atoms with Crippen molar-refractivity contribution in [3.8, 4) is 5.75 Å². The van der Waals surface area contributed by atoms with Crippen molar-refractivity contribution in [3.63, 3.8) is 0 Å². The minimum atomic E-state index is -3.58. The van der Waals surface area contributed by atoms with Gasteiger partial charge in [-0.2, -0.15) is 4.31 Å². The summed E-state index contributed by atoms with van der Waals surface area (Å²) >= 11 is 0. The van der Waals surface area contributed by atoms with E-state index in [-0.39, 0.29) is 0 Å². The number of hydrogen-bond acceptors (Lipinski definition) is 5. The SMILES string of the molecule is COc1ccc2c(c1)CCN(CC1CCCN(S(=O)(=O)c3cccc4cccnc34)C1)C2. The predicted molar refractivity (Wildman–Crippen MR) is 125 cm³/mol. The quantitative estimate of drug-likeness (QED) is 0.592. The number of piperidine rings is 1. The highest BCUT2D eigenvalue weighted by Crippen LogP contribution is 2.30. The average molecular weight is 452 g/mol. The van der Waals surface area contributed by atoms with Crippen molar-refractivity contribution in [2.75, 3.05) is 33.3 Å². The number of sulfonamides is 1. The number of ether oxygens (including phenoxy) is 1. The standard InChI is InChI=1S/C25H29N3O3S/c1-31-23-10-9-22-18-27(14-11-21(22)15-23)16-19-5-4-13-28(17-19)32(29,30)24-8-2-6-20-7-3-12-26-25(20)24/h2-3,6-10,12,15,19H,4-5,11,13-14,16-18H2,1H3. The van der Waals surface area contributed by atoms with E-state index in [0.717, 1.165) is 50.0 Å². The zero-order valence-electron chi connectivity index (χ0n) is 18.4. The van der Waals surface area contributed by atoms with Gasteiger partial charge in [0.1, 0.15) is 10.6 Å². The Morgan fingerprint density at radius 1 is 1.09 bits per heavy atom. The van der Waals surface area contributed by atoms with Crippen LogP contribution in [-0.2, 0) is 23.0 Å². The molecule has 2 aromatic carbocycles. The molecule has 0 radical (unpaired) electrons. The Balaban J connectivity index is 1.30. The third-order valence-electron chi connectivity index (χ3n) is 6.72. The molecule has 1 saturated heterocycles. The second kappa shape index (κ2) is 8.81. The van der Waals surface area contributed by atoms with Gasteiger partial charge in [0.2, 0.25) is 10.0 Å². The maximum absolute atomic E-state index is 13.5. The van der Waals surface area contributed by atoms with Gasteiger partial charge in [-0.3, -0.25) is 9.88 Å². The minimum Gasteiger partial charge on any atom is -0.497 e. The molecule has 7 heteroatoms. The molecule has 0 bridgehead atoms. The van der Waals surface area contributed by atoms with Crippen LogP contribution < -0.4 is 4.74 Å². The van der Waals surface area contributed by atoms with Crippen LogP contribution in [0, 0.1) is 5.92 Å². The Kier molecular flexibility index (Phi) is 5.88. The molecule has 1 unspecified atom stereocenters. The monoisotopic (exact) mass is 451 g/mol. The first-order chi connectivity index (χ1) is 15.5. The summed E-state index contributed by atoms with van der Waals surface area (Å²) in [5.41, 5.74) is 3.26. The van der Waals surface area contributed by atoms with E-state index < -0.39 is 10.0 Å². The van der Waals surface area contributed by atoms with Crippen molar-refractivity contribution in [3.05, 3.63) is 65.9 Å². The summed E-state index contributed by atoms with van der Waals surface area (Å²) in [5, 5.41) is 0.853. The number of nitrogens with zero attached hydrogens (tertiary/aromatic N) is 3. The summed E-state index contributed by atoms with van der Waals surface area (Å²) in [6.45, 7) is 3.97. The Morgan fingerprint density at radius 2 is 1.97 bits per heavy atom. The fourth-order valence-electron chi connectivity index (χ4n) is 5.05. The van der Waals surface area contributed by atoms with Crippen molar-refractivity contribution in [2.24, 2.45) is 5.92 Å². The maximum atomic E-state index is 13.5. The minimum absolute atomic E-state index is 0.317. The molecule has 1 aromatic heterocycles. The van der Waals surface area contributed by atoms with Crippen LogP contribution in [0.3, 0.4) is 0 Å². The highest BCUT2D eigenvalue weighted by Gasteiger charge is 2.32. The number of benzene rings is 2. The van der Waals surface area contributed by atoms with E-state index in [2.05, 4.69) is 22.0 Å². The van der Waals surface area contributed by atoms with Gasteiger partial charge in [-0.25, -0.2) is 8.42 Å². The molecule has 1 atom stereocenters. The van der Waals surface area contributed by atoms with Gasteiger partial charge < -0.3 is 4.74 Å². The number of aromatic nitrogens is 1. The molecule has 0 aliphatic carbocycles. The molecule has 3 heterocycles. The smallest absolute Gasteiger partial charge is 0.245 e. The normalized spacial score (nSPS) is 20.2. The summed E-state index contributed by atoms with van der Waals surface area (Å²) in [5.74, 6) is 1.24. The van der Waals surface area contributed by atoms with Crippen LogP contribution in [-0.4, -0.2) is 55.9 Å². The van der Waals surface area contributed by atoms with Gasteiger partial charge in [-0.15, -0.1) is 0 Å². The molecule has 5 rings (SSSR count). The Hall–Kier alpha value is -2.48. The summed E-state index contributed by atoms with van der Waals surface area (Å²) in [6.07, 6.45) is 4.61. The van der Waals surface area contributed by atoms with E-state index in [1.165, 1.54) is 11.1 Å². The van der Waals surface area contributed by atoms with Crippen LogP contribution in [0.1, 0.15) is 24.0 Å². The van der Waals surface area contributed by atoms with E-state index in [9.17, 15) is 8.42 Å². The third-order valence-corrected chi connectivity index (χ3v) is 8.61. The lowest BCUT2D eigenvalue weighted by Gasteiger charge is -2.36. The number of para-hydroxylation sites is 1. The topological polar surface area (TPSA) is 62.7 Å². The highest BCUT2D eigenvalue weighted by molar-refractivity contribution is 7.89. The summed E-state index contributed by atoms with van der Waals surface area (Å²) in [4.78, 5) is 7.15. The van der Waals surface area contributed by atoms with Gasteiger partial charge in [0.25, 0.3) is 0 Å². The molecular formula is C25H29N3O3S. The van der Waals surface area contributed by atoms with Crippen LogP contribution in [0.15, 0.2) is 59.6 Å². The number of pyridine rings is 1. The molecule has 32 heavy (non-hydrogen) atoms. The Labute approximate surface area is 189 Å². The van der Waals surface area contributed by atoms with Crippen molar-refractivity contribution in [2.45, 2.75) is 30.7 Å². The van der Waals surface area contributed by atoms with Crippen molar-refractivity contribution in [1.82, 2.24) is 14.2 Å². The molecule has 0 N–H and O–H groups in total. The molecular weight excluding hydrogens is 422 g/mol. The van der Waals surface area contributed by atoms with E-state index in [1.54, 1.807) is 29.7 Å².